The topological polar surface area (TPSA) is 44.4 Å². The van der Waals surface area contributed by atoms with Crippen molar-refractivity contribution in [1.82, 2.24) is 15.1 Å². The predicted molar refractivity (Wildman–Crippen MR) is 93.2 cm³/mol. The Morgan fingerprint density at radius 1 is 1.09 bits per heavy atom. The molecule has 124 valence electrons. The molecule has 1 N–H and O–H groups in total. The largest absolute Gasteiger partial charge is 0.494 e. The quantitative estimate of drug-likeness (QED) is 0.922. The van der Waals surface area contributed by atoms with Gasteiger partial charge in [0.15, 0.2) is 0 Å². The summed E-state index contributed by atoms with van der Waals surface area (Å²) in [7, 11) is 0. The summed E-state index contributed by atoms with van der Waals surface area (Å²) in [5.41, 5.74) is 4.90. The normalized spacial score (nSPS) is 15.9. The first-order valence-electron chi connectivity index (χ1n) is 8.38. The third-order valence-corrected chi connectivity index (χ3v) is 4.42. The van der Waals surface area contributed by atoms with E-state index in [1.54, 1.807) is 0 Å². The highest BCUT2D eigenvalue weighted by Crippen LogP contribution is 2.23. The van der Waals surface area contributed by atoms with Crippen molar-refractivity contribution in [2.24, 2.45) is 0 Å². The lowest BCUT2D eigenvalue weighted by Gasteiger charge is -2.36. The fourth-order valence-corrected chi connectivity index (χ4v) is 3.26. The molecular formula is C18H26N4O. The average molecular weight is 314 g/mol. The number of aryl methyl sites for hydroxylation is 2. The monoisotopic (exact) mass is 314 g/mol. The zero-order valence-corrected chi connectivity index (χ0v) is 14.3. The highest BCUT2D eigenvalue weighted by atomic mass is 16.5. The van der Waals surface area contributed by atoms with Crippen LogP contribution in [0.25, 0.3) is 0 Å². The Labute approximate surface area is 138 Å². The van der Waals surface area contributed by atoms with Crippen LogP contribution in [0.1, 0.15) is 23.9 Å². The molecule has 0 amide bonds. The van der Waals surface area contributed by atoms with Crippen molar-refractivity contribution in [1.29, 1.82) is 0 Å². The second-order valence-electron chi connectivity index (χ2n) is 6.12. The summed E-state index contributed by atoms with van der Waals surface area (Å²) in [4.78, 5) is 4.96. The van der Waals surface area contributed by atoms with Crippen LogP contribution in [0.2, 0.25) is 0 Å². The number of nitrogens with one attached hydrogen (secondary N) is 1. The van der Waals surface area contributed by atoms with Gasteiger partial charge in [-0.25, -0.2) is 0 Å². The molecule has 0 saturated carbocycles. The summed E-state index contributed by atoms with van der Waals surface area (Å²) < 4.78 is 5.50. The van der Waals surface area contributed by atoms with Gasteiger partial charge in [0.25, 0.3) is 0 Å². The molecule has 1 aromatic carbocycles. The van der Waals surface area contributed by atoms with Crippen molar-refractivity contribution >= 4 is 5.69 Å². The van der Waals surface area contributed by atoms with Gasteiger partial charge in [-0.05, 0) is 38.5 Å². The standard InChI is InChI=1S/C18H26N4O/c1-4-23-17-7-5-16(6-8-17)13-21-9-11-22(12-10-21)18-14(2)19-20-15(18)3/h5-8H,4,9-13H2,1-3H3,(H,19,20). The second kappa shape index (κ2) is 7.04. The SMILES string of the molecule is CCOc1ccc(CN2CCN(c3c(C)n[nH]c3C)CC2)cc1. The van der Waals surface area contributed by atoms with Crippen LogP contribution in [0.5, 0.6) is 5.75 Å². The Bertz CT molecular complexity index is 607. The Hall–Kier alpha value is -2.01. The molecule has 1 aromatic heterocycles. The van der Waals surface area contributed by atoms with E-state index < -0.39 is 0 Å². The third-order valence-electron chi connectivity index (χ3n) is 4.42. The van der Waals surface area contributed by atoms with Crippen LogP contribution >= 0.6 is 0 Å². The lowest BCUT2D eigenvalue weighted by atomic mass is 10.1. The lowest BCUT2D eigenvalue weighted by molar-refractivity contribution is 0.249. The van der Waals surface area contributed by atoms with Crippen molar-refractivity contribution < 1.29 is 4.74 Å². The Kier molecular flexibility index (Phi) is 4.86. The molecule has 0 bridgehead atoms. The molecule has 0 radical (unpaired) electrons. The number of aromatic nitrogens is 2. The number of H-pyrrole nitrogens is 1. The smallest absolute Gasteiger partial charge is 0.119 e. The maximum Gasteiger partial charge on any atom is 0.119 e. The molecule has 5 nitrogen and oxygen atoms in total. The summed E-state index contributed by atoms with van der Waals surface area (Å²) >= 11 is 0. The van der Waals surface area contributed by atoms with E-state index in [9.17, 15) is 0 Å². The molecule has 0 atom stereocenters. The van der Waals surface area contributed by atoms with Crippen molar-refractivity contribution in [2.45, 2.75) is 27.3 Å². The van der Waals surface area contributed by atoms with Gasteiger partial charge in [0.2, 0.25) is 0 Å². The molecule has 2 aromatic rings. The van der Waals surface area contributed by atoms with E-state index in [0.29, 0.717) is 6.61 Å². The Balaban J connectivity index is 1.55. The number of piperazine rings is 1. The van der Waals surface area contributed by atoms with E-state index in [4.69, 9.17) is 4.74 Å². The molecule has 0 unspecified atom stereocenters. The first-order chi connectivity index (χ1) is 11.2. The summed E-state index contributed by atoms with van der Waals surface area (Å²) in [6.07, 6.45) is 0. The van der Waals surface area contributed by atoms with Crippen LogP contribution < -0.4 is 9.64 Å². The van der Waals surface area contributed by atoms with Crippen molar-refractivity contribution in [3.8, 4) is 5.75 Å². The Morgan fingerprint density at radius 2 is 1.78 bits per heavy atom. The maximum absolute atomic E-state index is 5.50. The van der Waals surface area contributed by atoms with Crippen LogP contribution in [-0.4, -0.2) is 47.9 Å². The summed E-state index contributed by atoms with van der Waals surface area (Å²) in [6.45, 7) is 12.2. The number of benzene rings is 1. The molecule has 0 spiro atoms. The lowest BCUT2D eigenvalue weighted by Crippen LogP contribution is -2.46. The first kappa shape index (κ1) is 15.9. The van der Waals surface area contributed by atoms with E-state index >= 15 is 0 Å². The van der Waals surface area contributed by atoms with Crippen LogP contribution in [0.15, 0.2) is 24.3 Å². The van der Waals surface area contributed by atoms with Gasteiger partial charge in [-0.2, -0.15) is 5.10 Å². The number of aromatic amines is 1. The van der Waals surface area contributed by atoms with Crippen LogP contribution in [0.4, 0.5) is 5.69 Å². The van der Waals surface area contributed by atoms with Gasteiger partial charge in [-0.15, -0.1) is 0 Å². The van der Waals surface area contributed by atoms with E-state index in [0.717, 1.165) is 44.2 Å². The highest BCUT2D eigenvalue weighted by molar-refractivity contribution is 5.54. The highest BCUT2D eigenvalue weighted by Gasteiger charge is 2.21. The third kappa shape index (κ3) is 3.67. The van der Waals surface area contributed by atoms with Gasteiger partial charge in [0.1, 0.15) is 5.75 Å². The van der Waals surface area contributed by atoms with E-state index in [2.05, 4.69) is 58.1 Å². The number of anilines is 1. The molecule has 5 heteroatoms. The van der Waals surface area contributed by atoms with Gasteiger partial charge in [0.05, 0.1) is 23.7 Å². The number of hydrogen-bond donors (Lipinski definition) is 1. The molecule has 1 fully saturated rings. The van der Waals surface area contributed by atoms with E-state index in [-0.39, 0.29) is 0 Å². The maximum atomic E-state index is 5.50. The van der Waals surface area contributed by atoms with E-state index in [1.807, 2.05) is 6.92 Å². The van der Waals surface area contributed by atoms with Crippen LogP contribution in [0, 0.1) is 13.8 Å². The number of rotatable bonds is 5. The molecular weight excluding hydrogens is 288 g/mol. The molecule has 1 aliphatic rings. The summed E-state index contributed by atoms with van der Waals surface area (Å²) in [5, 5.41) is 7.39. The molecule has 3 rings (SSSR count). The molecule has 1 aliphatic heterocycles. The minimum absolute atomic E-state index is 0.716. The van der Waals surface area contributed by atoms with Crippen molar-refractivity contribution in [2.75, 3.05) is 37.7 Å². The fraction of sp³-hybridized carbons (Fsp3) is 0.500. The fourth-order valence-electron chi connectivity index (χ4n) is 3.26. The molecule has 2 heterocycles. The molecule has 0 aliphatic carbocycles. The number of ether oxygens (including phenoxy) is 1. The zero-order chi connectivity index (χ0) is 16.2. The summed E-state index contributed by atoms with van der Waals surface area (Å²) in [6, 6.07) is 8.46. The van der Waals surface area contributed by atoms with Crippen LogP contribution in [0.3, 0.4) is 0 Å². The average Bonchev–Trinajstić information content (AvgIpc) is 2.89. The Morgan fingerprint density at radius 3 is 2.35 bits per heavy atom. The minimum atomic E-state index is 0.716. The number of nitrogens with zero attached hydrogens (tertiary/aromatic N) is 3. The van der Waals surface area contributed by atoms with Gasteiger partial charge >= 0.3 is 0 Å². The van der Waals surface area contributed by atoms with Crippen molar-refractivity contribution in [3.05, 3.63) is 41.2 Å². The van der Waals surface area contributed by atoms with E-state index in [1.165, 1.54) is 16.9 Å². The van der Waals surface area contributed by atoms with Gasteiger partial charge in [-0.3, -0.25) is 10.00 Å². The van der Waals surface area contributed by atoms with Crippen LogP contribution in [-0.2, 0) is 6.54 Å². The molecule has 23 heavy (non-hydrogen) atoms. The second-order valence-corrected chi connectivity index (χ2v) is 6.12. The number of hydrogen-bond acceptors (Lipinski definition) is 4. The first-order valence-corrected chi connectivity index (χ1v) is 8.38. The van der Waals surface area contributed by atoms with Gasteiger partial charge in [0, 0.05) is 32.7 Å². The minimum Gasteiger partial charge on any atom is -0.494 e. The predicted octanol–water partition coefficient (Wildman–Crippen LogP) is 2.75. The zero-order valence-electron chi connectivity index (χ0n) is 14.3. The summed E-state index contributed by atoms with van der Waals surface area (Å²) in [5.74, 6) is 0.951. The van der Waals surface area contributed by atoms with Gasteiger partial charge in [-0.1, -0.05) is 12.1 Å². The van der Waals surface area contributed by atoms with Gasteiger partial charge < -0.3 is 9.64 Å². The molecule has 1 saturated heterocycles. The van der Waals surface area contributed by atoms with Crippen molar-refractivity contribution in [3.63, 3.8) is 0 Å².